The van der Waals surface area contributed by atoms with Crippen molar-refractivity contribution in [3.8, 4) is 5.75 Å². The third-order valence-corrected chi connectivity index (χ3v) is 3.07. The average Bonchev–Trinajstić information content (AvgIpc) is 2.40. The van der Waals surface area contributed by atoms with Gasteiger partial charge in [-0.3, -0.25) is 4.79 Å². The van der Waals surface area contributed by atoms with Crippen LogP contribution in [0, 0.1) is 5.82 Å². The maximum Gasteiger partial charge on any atom is 0.344 e. The summed E-state index contributed by atoms with van der Waals surface area (Å²) < 4.78 is 29.5. The predicted octanol–water partition coefficient (Wildman–Crippen LogP) is 3.88. The Labute approximate surface area is 143 Å². The summed E-state index contributed by atoms with van der Waals surface area (Å²) >= 11 is 3.14. The van der Waals surface area contributed by atoms with Crippen molar-refractivity contribution in [3.05, 3.63) is 28.0 Å². The van der Waals surface area contributed by atoms with Crippen LogP contribution in [-0.2, 0) is 14.3 Å². The van der Waals surface area contributed by atoms with E-state index in [0.717, 1.165) is 13.2 Å². The van der Waals surface area contributed by atoms with E-state index in [2.05, 4.69) is 20.7 Å². The van der Waals surface area contributed by atoms with Gasteiger partial charge in [-0.2, -0.15) is 0 Å². The Bertz CT molecular complexity index is 581. The van der Waals surface area contributed by atoms with Crippen molar-refractivity contribution in [2.75, 3.05) is 13.7 Å². The maximum atomic E-state index is 13.9. The zero-order valence-electron chi connectivity index (χ0n) is 13.6. The van der Waals surface area contributed by atoms with Crippen molar-refractivity contribution in [3.63, 3.8) is 0 Å². The highest BCUT2D eigenvalue weighted by Crippen LogP contribution is 2.28. The molecule has 0 N–H and O–H groups in total. The topological polar surface area (TPSA) is 61.8 Å². The molecule has 0 aliphatic rings. The smallest absolute Gasteiger partial charge is 0.344 e. The van der Waals surface area contributed by atoms with Crippen LogP contribution in [-0.4, -0.2) is 31.3 Å². The van der Waals surface area contributed by atoms with Gasteiger partial charge in [0.2, 0.25) is 0 Å². The summed E-state index contributed by atoms with van der Waals surface area (Å²) in [6.45, 7) is 5.50. The first kappa shape index (κ1) is 19.4. The van der Waals surface area contributed by atoms with Crippen molar-refractivity contribution in [1.82, 2.24) is 0 Å². The molecule has 0 spiro atoms. The van der Waals surface area contributed by atoms with Gasteiger partial charge in [0.1, 0.15) is 22.7 Å². The molecule has 7 heteroatoms. The van der Waals surface area contributed by atoms with Crippen LogP contribution in [0.15, 0.2) is 16.6 Å². The molecule has 1 aromatic carbocycles. The lowest BCUT2D eigenvalue weighted by atomic mass is 10.2. The molecule has 5 nitrogen and oxygen atoms in total. The van der Waals surface area contributed by atoms with E-state index < -0.39 is 17.4 Å². The monoisotopic (exact) mass is 390 g/mol. The van der Waals surface area contributed by atoms with Gasteiger partial charge in [0.15, 0.2) is 0 Å². The van der Waals surface area contributed by atoms with Crippen molar-refractivity contribution < 1.29 is 28.2 Å². The van der Waals surface area contributed by atoms with E-state index >= 15 is 0 Å². The first-order chi connectivity index (χ1) is 10.6. The third-order valence-electron chi connectivity index (χ3n) is 2.61. The molecular formula is C16H20BrFO5. The molecule has 0 aliphatic heterocycles. The summed E-state index contributed by atoms with van der Waals surface area (Å²) in [5.41, 5.74) is -0.809. The summed E-state index contributed by atoms with van der Waals surface area (Å²) in [6.07, 6.45) is 0.547. The van der Waals surface area contributed by atoms with E-state index in [-0.39, 0.29) is 30.3 Å². The Kier molecular flexibility index (Phi) is 7.00. The number of hydrogen-bond donors (Lipinski definition) is 0. The molecule has 128 valence electrons. The van der Waals surface area contributed by atoms with Gasteiger partial charge in [0.05, 0.1) is 13.7 Å². The molecule has 0 atom stereocenters. The van der Waals surface area contributed by atoms with Crippen LogP contribution < -0.4 is 4.74 Å². The highest BCUT2D eigenvalue weighted by atomic mass is 79.9. The molecule has 0 aromatic heterocycles. The van der Waals surface area contributed by atoms with Gasteiger partial charge < -0.3 is 14.2 Å². The van der Waals surface area contributed by atoms with Gasteiger partial charge >= 0.3 is 11.9 Å². The summed E-state index contributed by atoms with van der Waals surface area (Å²) in [7, 11) is 1.16. The molecule has 0 fully saturated rings. The third kappa shape index (κ3) is 6.56. The van der Waals surface area contributed by atoms with Gasteiger partial charge in [0.25, 0.3) is 0 Å². The first-order valence-corrected chi connectivity index (χ1v) is 7.85. The second kappa shape index (κ2) is 8.29. The highest BCUT2D eigenvalue weighted by Gasteiger charge is 2.20. The van der Waals surface area contributed by atoms with E-state index in [1.807, 2.05) is 0 Å². The lowest BCUT2D eigenvalue weighted by Gasteiger charge is -2.19. The Balaban J connectivity index is 2.64. The lowest BCUT2D eigenvalue weighted by Crippen LogP contribution is -2.24. The van der Waals surface area contributed by atoms with Crippen LogP contribution in [0.4, 0.5) is 4.39 Å². The van der Waals surface area contributed by atoms with Crippen LogP contribution in [0.3, 0.4) is 0 Å². The number of hydrogen-bond acceptors (Lipinski definition) is 5. The number of carbonyl (C=O) groups excluding carboxylic acids is 2. The van der Waals surface area contributed by atoms with Crippen LogP contribution in [0.1, 0.15) is 44.0 Å². The lowest BCUT2D eigenvalue weighted by molar-refractivity contribution is -0.155. The highest BCUT2D eigenvalue weighted by molar-refractivity contribution is 9.10. The molecule has 0 saturated carbocycles. The fraction of sp³-hybridized carbons (Fsp3) is 0.500. The number of rotatable bonds is 6. The Hall–Kier alpha value is -1.63. The fourth-order valence-corrected chi connectivity index (χ4v) is 2.16. The largest absolute Gasteiger partial charge is 0.493 e. The van der Waals surface area contributed by atoms with E-state index in [9.17, 15) is 14.0 Å². The van der Waals surface area contributed by atoms with Crippen molar-refractivity contribution >= 4 is 27.9 Å². The molecular weight excluding hydrogens is 371 g/mol. The molecule has 0 radical (unpaired) electrons. The quantitative estimate of drug-likeness (QED) is 0.544. The van der Waals surface area contributed by atoms with Gasteiger partial charge in [-0.05, 0) is 39.3 Å². The molecule has 1 aromatic rings. The number of halogens is 2. The summed E-state index contributed by atoms with van der Waals surface area (Å²) in [6, 6.07) is 2.63. The molecule has 0 bridgehead atoms. The number of methoxy groups -OCH3 is 1. The van der Waals surface area contributed by atoms with Crippen molar-refractivity contribution in [2.24, 2.45) is 0 Å². The number of benzene rings is 1. The molecule has 23 heavy (non-hydrogen) atoms. The van der Waals surface area contributed by atoms with Crippen molar-refractivity contribution in [2.45, 2.75) is 39.2 Å². The van der Waals surface area contributed by atoms with Crippen LogP contribution >= 0.6 is 15.9 Å². The van der Waals surface area contributed by atoms with Crippen molar-refractivity contribution in [1.29, 1.82) is 0 Å². The molecule has 0 heterocycles. The average molecular weight is 391 g/mol. The molecule has 0 saturated heterocycles. The molecule has 0 unspecified atom stereocenters. The first-order valence-electron chi connectivity index (χ1n) is 7.06. The minimum atomic E-state index is -0.822. The van der Waals surface area contributed by atoms with Gasteiger partial charge in [0, 0.05) is 10.9 Å². The zero-order chi connectivity index (χ0) is 17.6. The summed E-state index contributed by atoms with van der Waals surface area (Å²) in [5, 5.41) is 0. The van der Waals surface area contributed by atoms with Gasteiger partial charge in [-0.1, -0.05) is 15.9 Å². The normalized spacial score (nSPS) is 11.0. The number of ether oxygens (including phenoxy) is 3. The number of esters is 2. The standard InChI is InChI=1S/C16H20BrFO5/c1-16(2,3)23-13(19)6-5-7-22-12-9-10(17)8-11(18)14(12)15(20)21-4/h8-9H,5-7H2,1-4H3. The Morgan fingerprint density at radius 1 is 1.26 bits per heavy atom. The second-order valence-electron chi connectivity index (χ2n) is 5.79. The maximum absolute atomic E-state index is 13.9. The minimum Gasteiger partial charge on any atom is -0.493 e. The van der Waals surface area contributed by atoms with E-state index in [1.165, 1.54) is 6.07 Å². The minimum absolute atomic E-state index is 0.0629. The Morgan fingerprint density at radius 2 is 1.91 bits per heavy atom. The fourth-order valence-electron chi connectivity index (χ4n) is 1.76. The van der Waals surface area contributed by atoms with E-state index in [4.69, 9.17) is 9.47 Å². The predicted molar refractivity (Wildman–Crippen MR) is 86.0 cm³/mol. The van der Waals surface area contributed by atoms with E-state index in [1.54, 1.807) is 20.8 Å². The van der Waals surface area contributed by atoms with Gasteiger partial charge in [-0.25, -0.2) is 9.18 Å². The van der Waals surface area contributed by atoms with Gasteiger partial charge in [-0.15, -0.1) is 0 Å². The summed E-state index contributed by atoms with van der Waals surface area (Å²) in [4.78, 5) is 23.2. The molecule has 0 aliphatic carbocycles. The number of carbonyl (C=O) groups is 2. The van der Waals surface area contributed by atoms with Crippen LogP contribution in [0.5, 0.6) is 5.75 Å². The van der Waals surface area contributed by atoms with Crippen LogP contribution in [0.25, 0.3) is 0 Å². The molecule has 1 rings (SSSR count). The Morgan fingerprint density at radius 3 is 2.48 bits per heavy atom. The molecule has 0 amide bonds. The van der Waals surface area contributed by atoms with Crippen LogP contribution in [0.2, 0.25) is 0 Å². The second-order valence-corrected chi connectivity index (χ2v) is 6.71. The zero-order valence-corrected chi connectivity index (χ0v) is 15.2. The van der Waals surface area contributed by atoms with E-state index in [0.29, 0.717) is 10.9 Å². The SMILES string of the molecule is COC(=O)c1c(F)cc(Br)cc1OCCCC(=O)OC(C)(C)C. The summed E-state index contributed by atoms with van der Waals surface area (Å²) in [5.74, 6) is -1.84.